The Kier molecular flexibility index (Phi) is 8.98. The average Bonchev–Trinajstić information content (AvgIpc) is 2.88. The number of nitrogens with zero attached hydrogens (tertiary/aromatic N) is 1. The van der Waals surface area contributed by atoms with Crippen molar-refractivity contribution >= 4 is 10.8 Å². The van der Waals surface area contributed by atoms with Gasteiger partial charge in [-0.25, -0.2) is 13.2 Å². The van der Waals surface area contributed by atoms with Crippen LogP contribution in [0.3, 0.4) is 0 Å². The molecule has 0 aromatic heterocycles. The molecule has 1 aliphatic rings. The zero-order chi connectivity index (χ0) is 25.5. The number of fused-ring (bicyclic) bond motifs is 1. The fourth-order valence-electron chi connectivity index (χ4n) is 4.40. The van der Waals surface area contributed by atoms with E-state index in [0.29, 0.717) is 41.7 Å². The van der Waals surface area contributed by atoms with E-state index in [-0.39, 0.29) is 24.8 Å². The molecule has 7 heteroatoms. The van der Waals surface area contributed by atoms with Crippen molar-refractivity contribution in [2.75, 3.05) is 19.8 Å². The summed E-state index contributed by atoms with van der Waals surface area (Å²) in [5.41, 5.74) is 1.01. The summed E-state index contributed by atoms with van der Waals surface area (Å²) in [6, 6.07) is 12.6. The first-order valence-corrected chi connectivity index (χ1v) is 12.4. The van der Waals surface area contributed by atoms with Crippen molar-refractivity contribution in [1.82, 2.24) is 0 Å². The SMILES string of the molecule is CCCCCCOC1COC(c2ccc3c(F)c(CCc4cc(F)c(C#N)c(F)c4)ccc3c2)OC1. The van der Waals surface area contributed by atoms with Crippen LogP contribution in [0.2, 0.25) is 0 Å². The van der Waals surface area contributed by atoms with Gasteiger partial charge in [-0.1, -0.05) is 50.5 Å². The number of halogens is 3. The molecule has 0 saturated carbocycles. The second-order valence-corrected chi connectivity index (χ2v) is 9.12. The average molecular weight is 498 g/mol. The van der Waals surface area contributed by atoms with Gasteiger partial charge < -0.3 is 14.2 Å². The van der Waals surface area contributed by atoms with Crippen LogP contribution in [0.1, 0.15) is 61.2 Å². The molecular formula is C29H30F3NO3. The highest BCUT2D eigenvalue weighted by molar-refractivity contribution is 5.84. The van der Waals surface area contributed by atoms with Crippen LogP contribution in [0.15, 0.2) is 42.5 Å². The van der Waals surface area contributed by atoms with Crippen molar-refractivity contribution in [3.63, 3.8) is 0 Å². The number of aryl methyl sites for hydroxylation is 2. The predicted octanol–water partition coefficient (Wildman–Crippen LogP) is 6.92. The molecule has 0 bridgehead atoms. The molecule has 4 nitrogen and oxygen atoms in total. The first kappa shape index (κ1) is 26.2. The first-order valence-electron chi connectivity index (χ1n) is 12.4. The molecule has 36 heavy (non-hydrogen) atoms. The third kappa shape index (κ3) is 6.25. The molecular weight excluding hydrogens is 467 g/mol. The van der Waals surface area contributed by atoms with Crippen LogP contribution in [-0.4, -0.2) is 25.9 Å². The van der Waals surface area contributed by atoms with Gasteiger partial charge in [-0.05, 0) is 54.0 Å². The van der Waals surface area contributed by atoms with Crippen molar-refractivity contribution in [1.29, 1.82) is 5.26 Å². The van der Waals surface area contributed by atoms with Crippen LogP contribution in [0.4, 0.5) is 13.2 Å². The van der Waals surface area contributed by atoms with E-state index in [0.717, 1.165) is 30.5 Å². The van der Waals surface area contributed by atoms with Crippen LogP contribution < -0.4 is 0 Å². The van der Waals surface area contributed by atoms with Gasteiger partial charge in [0.05, 0.1) is 13.2 Å². The largest absolute Gasteiger partial charge is 0.373 e. The lowest BCUT2D eigenvalue weighted by atomic mass is 9.98. The minimum absolute atomic E-state index is 0.0820. The van der Waals surface area contributed by atoms with Crippen LogP contribution in [-0.2, 0) is 27.1 Å². The highest BCUT2D eigenvalue weighted by atomic mass is 19.1. The van der Waals surface area contributed by atoms with Gasteiger partial charge in [-0.15, -0.1) is 0 Å². The topological polar surface area (TPSA) is 51.5 Å². The lowest BCUT2D eigenvalue weighted by molar-refractivity contribution is -0.230. The van der Waals surface area contributed by atoms with Crippen molar-refractivity contribution in [3.05, 3.63) is 82.2 Å². The maximum atomic E-state index is 15.2. The number of unbranched alkanes of at least 4 members (excludes halogenated alkanes) is 3. The molecule has 3 aromatic carbocycles. The summed E-state index contributed by atoms with van der Waals surface area (Å²) in [6.45, 7) is 3.77. The zero-order valence-corrected chi connectivity index (χ0v) is 20.4. The van der Waals surface area contributed by atoms with E-state index < -0.39 is 23.5 Å². The van der Waals surface area contributed by atoms with E-state index in [4.69, 9.17) is 19.5 Å². The van der Waals surface area contributed by atoms with Gasteiger partial charge in [0, 0.05) is 17.6 Å². The minimum atomic E-state index is -0.906. The van der Waals surface area contributed by atoms with Gasteiger partial charge >= 0.3 is 0 Å². The van der Waals surface area contributed by atoms with E-state index in [1.54, 1.807) is 18.2 Å². The Labute approximate surface area is 209 Å². The maximum Gasteiger partial charge on any atom is 0.184 e. The Morgan fingerprint density at radius 2 is 1.69 bits per heavy atom. The Balaban J connectivity index is 1.36. The van der Waals surface area contributed by atoms with Crippen LogP contribution in [0, 0.1) is 28.8 Å². The molecule has 0 amide bonds. The number of hydrogen-bond acceptors (Lipinski definition) is 4. The van der Waals surface area contributed by atoms with Crippen molar-refractivity contribution < 1.29 is 27.4 Å². The third-order valence-corrected chi connectivity index (χ3v) is 6.45. The number of ether oxygens (including phenoxy) is 3. The molecule has 0 atom stereocenters. The van der Waals surface area contributed by atoms with Crippen LogP contribution >= 0.6 is 0 Å². The zero-order valence-electron chi connectivity index (χ0n) is 20.4. The molecule has 0 spiro atoms. The molecule has 1 fully saturated rings. The molecule has 1 saturated heterocycles. The van der Waals surface area contributed by atoms with Crippen LogP contribution in [0.5, 0.6) is 0 Å². The molecule has 0 radical (unpaired) electrons. The van der Waals surface area contributed by atoms with Gasteiger partial charge in [0.2, 0.25) is 0 Å². The standard InChI is InChI=1S/C29H30F3NO3/c1-2-3-4-5-12-34-23-17-35-29(36-18-23)22-10-11-24-21(15-22)9-8-20(28(24)32)7-6-19-13-26(30)25(16-33)27(31)14-19/h8-11,13-15,23,29H,2-7,12,17-18H2,1H3. The van der Waals surface area contributed by atoms with Gasteiger partial charge in [-0.3, -0.25) is 0 Å². The van der Waals surface area contributed by atoms with Gasteiger partial charge in [0.1, 0.15) is 35.2 Å². The second kappa shape index (κ2) is 12.4. The van der Waals surface area contributed by atoms with E-state index in [9.17, 15) is 8.78 Å². The lowest BCUT2D eigenvalue weighted by Crippen LogP contribution is -2.33. The highest BCUT2D eigenvalue weighted by Gasteiger charge is 2.24. The molecule has 0 aliphatic carbocycles. The van der Waals surface area contributed by atoms with Crippen molar-refractivity contribution in [2.24, 2.45) is 0 Å². The molecule has 4 rings (SSSR count). The smallest absolute Gasteiger partial charge is 0.184 e. The maximum absolute atomic E-state index is 15.2. The summed E-state index contributed by atoms with van der Waals surface area (Å²) in [5, 5.41) is 9.97. The fourth-order valence-corrected chi connectivity index (χ4v) is 4.40. The van der Waals surface area contributed by atoms with E-state index in [2.05, 4.69) is 6.92 Å². The third-order valence-electron chi connectivity index (χ3n) is 6.45. The van der Waals surface area contributed by atoms with Crippen molar-refractivity contribution in [2.45, 2.75) is 57.8 Å². The number of rotatable bonds is 10. The molecule has 3 aromatic rings. The summed E-state index contributed by atoms with van der Waals surface area (Å²) in [6.07, 6.45) is 4.50. The number of hydrogen-bond donors (Lipinski definition) is 0. The second-order valence-electron chi connectivity index (χ2n) is 9.12. The Morgan fingerprint density at radius 1 is 0.944 bits per heavy atom. The molecule has 1 aliphatic heterocycles. The quantitative estimate of drug-likeness (QED) is 0.285. The minimum Gasteiger partial charge on any atom is -0.373 e. The summed E-state index contributed by atoms with van der Waals surface area (Å²) in [7, 11) is 0. The Hall–Kier alpha value is -2.92. The predicted molar refractivity (Wildman–Crippen MR) is 131 cm³/mol. The highest BCUT2D eigenvalue weighted by Crippen LogP contribution is 2.29. The Bertz CT molecular complexity index is 1210. The number of benzene rings is 3. The molecule has 0 unspecified atom stereocenters. The Morgan fingerprint density at radius 3 is 2.39 bits per heavy atom. The van der Waals surface area contributed by atoms with E-state index in [1.807, 2.05) is 12.1 Å². The summed E-state index contributed by atoms with van der Waals surface area (Å²) in [4.78, 5) is 0. The normalized spacial score (nSPS) is 17.9. The van der Waals surface area contributed by atoms with E-state index in [1.165, 1.54) is 18.9 Å². The monoisotopic (exact) mass is 497 g/mol. The number of nitriles is 1. The first-order chi connectivity index (χ1) is 17.5. The van der Waals surface area contributed by atoms with Gasteiger partial charge in [-0.2, -0.15) is 5.26 Å². The fraction of sp³-hybridized carbons (Fsp3) is 0.414. The lowest BCUT2D eigenvalue weighted by Gasteiger charge is -2.29. The molecule has 1 heterocycles. The van der Waals surface area contributed by atoms with Gasteiger partial charge in [0.25, 0.3) is 0 Å². The molecule has 0 N–H and O–H groups in total. The molecule has 190 valence electrons. The summed E-state index contributed by atoms with van der Waals surface area (Å²) in [5.74, 6) is -2.18. The summed E-state index contributed by atoms with van der Waals surface area (Å²) < 4.78 is 60.5. The van der Waals surface area contributed by atoms with Gasteiger partial charge in [0.15, 0.2) is 6.29 Å². The summed E-state index contributed by atoms with van der Waals surface area (Å²) >= 11 is 0. The van der Waals surface area contributed by atoms with E-state index >= 15 is 4.39 Å². The van der Waals surface area contributed by atoms with Crippen molar-refractivity contribution in [3.8, 4) is 6.07 Å². The van der Waals surface area contributed by atoms with Crippen LogP contribution in [0.25, 0.3) is 10.8 Å².